The van der Waals surface area contributed by atoms with Gasteiger partial charge in [-0.15, -0.1) is 0 Å². The van der Waals surface area contributed by atoms with Gasteiger partial charge < -0.3 is 5.11 Å². The summed E-state index contributed by atoms with van der Waals surface area (Å²) in [5.41, 5.74) is 7.62. The largest absolute Gasteiger partial charge is 0.481 e. The van der Waals surface area contributed by atoms with Crippen molar-refractivity contribution in [3.63, 3.8) is 0 Å². The van der Waals surface area contributed by atoms with Gasteiger partial charge >= 0.3 is 5.97 Å². The molecule has 0 saturated carbocycles. The summed E-state index contributed by atoms with van der Waals surface area (Å²) in [6.45, 7) is 3.46. The number of benzene rings is 3. The number of aryl methyl sites for hydroxylation is 3. The molecular formula is C24H23FO2. The molecule has 0 spiro atoms. The predicted octanol–water partition coefficient (Wildman–Crippen LogP) is 6.12. The lowest BCUT2D eigenvalue weighted by Crippen LogP contribution is -2.00. The van der Waals surface area contributed by atoms with Gasteiger partial charge in [-0.2, -0.15) is 0 Å². The van der Waals surface area contributed by atoms with E-state index in [1.54, 1.807) is 0 Å². The van der Waals surface area contributed by atoms with Crippen molar-refractivity contribution in [1.29, 1.82) is 0 Å². The van der Waals surface area contributed by atoms with Gasteiger partial charge in [0.25, 0.3) is 0 Å². The third kappa shape index (κ3) is 4.43. The van der Waals surface area contributed by atoms with Crippen LogP contribution in [-0.4, -0.2) is 11.1 Å². The zero-order chi connectivity index (χ0) is 19.4. The molecule has 138 valence electrons. The highest BCUT2D eigenvalue weighted by molar-refractivity contribution is 5.76. The standard InChI is InChI=1S/C24H23FO2/c1-16-4-3-5-18(12-16)23-10-7-20(14-21(23)15-25)22-9-6-17(2)13-19(22)8-11-24(26)27/h3-7,9-10,12-14H,8,11,15H2,1-2H3,(H,26,27). The first kappa shape index (κ1) is 18.8. The Bertz CT molecular complexity index is 976. The van der Waals surface area contributed by atoms with E-state index in [1.807, 2.05) is 68.4 Å². The van der Waals surface area contributed by atoms with Crippen molar-refractivity contribution in [3.8, 4) is 22.3 Å². The Morgan fingerprint density at radius 2 is 1.52 bits per heavy atom. The maximum Gasteiger partial charge on any atom is 0.303 e. The van der Waals surface area contributed by atoms with Crippen LogP contribution in [0.25, 0.3) is 22.3 Å². The van der Waals surface area contributed by atoms with Crippen LogP contribution in [0.2, 0.25) is 0 Å². The summed E-state index contributed by atoms with van der Waals surface area (Å²) in [6.07, 6.45) is 0.532. The van der Waals surface area contributed by atoms with Gasteiger partial charge in [-0.3, -0.25) is 4.79 Å². The fraction of sp³-hybridized carbons (Fsp3) is 0.208. The number of aliphatic carboxylic acids is 1. The second-order valence-electron chi connectivity index (χ2n) is 6.93. The number of hydrogen-bond donors (Lipinski definition) is 1. The minimum atomic E-state index is -0.818. The molecule has 0 amide bonds. The SMILES string of the molecule is Cc1cccc(-c2ccc(-c3ccc(C)cc3CCC(=O)O)cc2CF)c1. The van der Waals surface area contributed by atoms with Gasteiger partial charge in [0.1, 0.15) is 6.67 Å². The van der Waals surface area contributed by atoms with Gasteiger partial charge in [-0.1, -0.05) is 65.7 Å². The third-order valence-corrected chi connectivity index (χ3v) is 4.76. The fourth-order valence-electron chi connectivity index (χ4n) is 3.42. The Balaban J connectivity index is 2.04. The summed E-state index contributed by atoms with van der Waals surface area (Å²) in [7, 11) is 0. The minimum Gasteiger partial charge on any atom is -0.481 e. The highest BCUT2D eigenvalue weighted by Gasteiger charge is 2.12. The Labute approximate surface area is 159 Å². The molecule has 3 rings (SSSR count). The predicted molar refractivity (Wildman–Crippen MR) is 108 cm³/mol. The molecule has 2 nitrogen and oxygen atoms in total. The van der Waals surface area contributed by atoms with Crippen molar-refractivity contribution in [1.82, 2.24) is 0 Å². The topological polar surface area (TPSA) is 37.3 Å². The van der Waals surface area contributed by atoms with Crippen molar-refractivity contribution in [2.45, 2.75) is 33.4 Å². The molecule has 0 aliphatic carbocycles. The van der Waals surface area contributed by atoms with Crippen LogP contribution >= 0.6 is 0 Å². The molecule has 0 aromatic heterocycles. The van der Waals surface area contributed by atoms with Crippen molar-refractivity contribution < 1.29 is 14.3 Å². The lowest BCUT2D eigenvalue weighted by Gasteiger charge is -2.14. The molecule has 27 heavy (non-hydrogen) atoms. The van der Waals surface area contributed by atoms with E-state index in [-0.39, 0.29) is 6.42 Å². The van der Waals surface area contributed by atoms with Gasteiger partial charge in [0, 0.05) is 6.42 Å². The fourth-order valence-corrected chi connectivity index (χ4v) is 3.42. The second kappa shape index (κ2) is 8.17. The van der Waals surface area contributed by atoms with Gasteiger partial charge in [0.15, 0.2) is 0 Å². The lowest BCUT2D eigenvalue weighted by atomic mass is 9.91. The Morgan fingerprint density at radius 3 is 2.22 bits per heavy atom. The number of halogens is 1. The van der Waals surface area contributed by atoms with Crippen LogP contribution in [0.5, 0.6) is 0 Å². The monoisotopic (exact) mass is 362 g/mol. The summed E-state index contributed by atoms with van der Waals surface area (Å²) < 4.78 is 13.8. The van der Waals surface area contributed by atoms with E-state index in [0.29, 0.717) is 12.0 Å². The van der Waals surface area contributed by atoms with Gasteiger partial charge in [-0.25, -0.2) is 4.39 Å². The van der Waals surface area contributed by atoms with Crippen LogP contribution in [0, 0.1) is 13.8 Å². The van der Waals surface area contributed by atoms with Crippen LogP contribution in [0.1, 0.15) is 28.7 Å². The summed E-state index contributed by atoms with van der Waals surface area (Å²) in [5.74, 6) is -0.818. The summed E-state index contributed by atoms with van der Waals surface area (Å²) in [4.78, 5) is 11.0. The molecule has 0 saturated heterocycles. The van der Waals surface area contributed by atoms with Gasteiger partial charge in [-0.05, 0) is 59.7 Å². The van der Waals surface area contributed by atoms with Crippen molar-refractivity contribution in [2.24, 2.45) is 0 Å². The molecule has 0 atom stereocenters. The number of alkyl halides is 1. The van der Waals surface area contributed by atoms with Crippen molar-refractivity contribution in [3.05, 3.63) is 82.9 Å². The van der Waals surface area contributed by atoms with Crippen LogP contribution in [-0.2, 0) is 17.9 Å². The molecule has 0 aliphatic heterocycles. The molecule has 3 aromatic rings. The van der Waals surface area contributed by atoms with E-state index in [4.69, 9.17) is 5.11 Å². The summed E-state index contributed by atoms with van der Waals surface area (Å²) >= 11 is 0. The van der Waals surface area contributed by atoms with Crippen molar-refractivity contribution >= 4 is 5.97 Å². The van der Waals surface area contributed by atoms with Crippen LogP contribution in [0.4, 0.5) is 4.39 Å². The van der Waals surface area contributed by atoms with E-state index in [1.165, 1.54) is 0 Å². The minimum absolute atomic E-state index is 0.0772. The number of carboxylic acids is 1. The highest BCUT2D eigenvalue weighted by Crippen LogP contribution is 2.32. The number of hydrogen-bond acceptors (Lipinski definition) is 1. The zero-order valence-electron chi connectivity index (χ0n) is 15.6. The molecule has 0 bridgehead atoms. The molecule has 0 unspecified atom stereocenters. The first-order chi connectivity index (χ1) is 13.0. The first-order valence-electron chi connectivity index (χ1n) is 9.05. The number of carboxylic acid groups (broad SMARTS) is 1. The normalized spacial score (nSPS) is 10.8. The zero-order valence-corrected chi connectivity index (χ0v) is 15.6. The molecular weight excluding hydrogens is 339 g/mol. The van der Waals surface area contributed by atoms with E-state index in [2.05, 4.69) is 6.07 Å². The van der Waals surface area contributed by atoms with Crippen LogP contribution < -0.4 is 0 Å². The average Bonchev–Trinajstić information content (AvgIpc) is 2.66. The average molecular weight is 362 g/mol. The Hall–Kier alpha value is -2.94. The molecule has 0 aliphatic rings. The number of rotatable bonds is 6. The van der Waals surface area contributed by atoms with Gasteiger partial charge in [0.05, 0.1) is 0 Å². The molecule has 0 radical (unpaired) electrons. The third-order valence-electron chi connectivity index (χ3n) is 4.76. The van der Waals surface area contributed by atoms with E-state index in [9.17, 15) is 9.18 Å². The van der Waals surface area contributed by atoms with Crippen LogP contribution in [0.15, 0.2) is 60.7 Å². The number of carbonyl (C=O) groups is 1. The second-order valence-corrected chi connectivity index (χ2v) is 6.93. The van der Waals surface area contributed by atoms with Crippen LogP contribution in [0.3, 0.4) is 0 Å². The molecule has 0 heterocycles. The molecule has 0 fully saturated rings. The first-order valence-corrected chi connectivity index (χ1v) is 9.05. The molecule has 1 N–H and O–H groups in total. The van der Waals surface area contributed by atoms with E-state index >= 15 is 0 Å². The smallest absolute Gasteiger partial charge is 0.303 e. The molecule has 3 aromatic carbocycles. The van der Waals surface area contributed by atoms with E-state index in [0.717, 1.165) is 38.9 Å². The summed E-state index contributed by atoms with van der Waals surface area (Å²) in [6, 6.07) is 19.9. The quantitative estimate of drug-likeness (QED) is 0.573. The Kier molecular flexibility index (Phi) is 5.70. The Morgan fingerprint density at radius 1 is 0.852 bits per heavy atom. The maximum atomic E-state index is 13.8. The van der Waals surface area contributed by atoms with E-state index < -0.39 is 12.6 Å². The summed E-state index contributed by atoms with van der Waals surface area (Å²) in [5, 5.41) is 9.02. The van der Waals surface area contributed by atoms with Gasteiger partial charge in [0.2, 0.25) is 0 Å². The van der Waals surface area contributed by atoms with Crippen molar-refractivity contribution in [2.75, 3.05) is 0 Å². The molecule has 3 heteroatoms. The maximum absolute atomic E-state index is 13.8. The lowest BCUT2D eigenvalue weighted by molar-refractivity contribution is -0.136. The highest BCUT2D eigenvalue weighted by atomic mass is 19.1.